The molecule has 1 aromatic rings. The fourth-order valence-electron chi connectivity index (χ4n) is 2.31. The highest BCUT2D eigenvalue weighted by Crippen LogP contribution is 2.09. The first kappa shape index (κ1) is 13.4. The average molecular weight is 248 g/mol. The molecule has 0 aromatic heterocycles. The van der Waals surface area contributed by atoms with Crippen LogP contribution in [0.2, 0.25) is 0 Å². The molecule has 1 fully saturated rings. The molecule has 1 aliphatic heterocycles. The van der Waals surface area contributed by atoms with Crippen molar-refractivity contribution >= 4 is 0 Å². The van der Waals surface area contributed by atoms with E-state index in [2.05, 4.69) is 23.6 Å². The lowest BCUT2D eigenvalue weighted by Crippen LogP contribution is -2.49. The minimum absolute atomic E-state index is 0.674. The van der Waals surface area contributed by atoms with Gasteiger partial charge in [-0.2, -0.15) is 0 Å². The van der Waals surface area contributed by atoms with Crippen molar-refractivity contribution in [3.63, 3.8) is 0 Å². The molecule has 2 rings (SSSR count). The van der Waals surface area contributed by atoms with E-state index in [9.17, 15) is 0 Å². The Morgan fingerprint density at radius 2 is 1.72 bits per heavy atom. The van der Waals surface area contributed by atoms with Crippen LogP contribution in [0.15, 0.2) is 30.3 Å². The molecule has 0 bridgehead atoms. The number of nitrogens with zero attached hydrogens (tertiary/aromatic N) is 2. The van der Waals surface area contributed by atoms with Crippen molar-refractivity contribution in [2.24, 2.45) is 0 Å². The Labute approximate surface area is 110 Å². The third-order valence-corrected chi connectivity index (χ3v) is 3.56. The smallest absolute Gasteiger partial charge is 0.119 e. The van der Waals surface area contributed by atoms with Crippen LogP contribution in [0, 0.1) is 0 Å². The second kappa shape index (κ2) is 6.76. The molecule has 100 valence electrons. The Hall–Kier alpha value is -1.06. The highest BCUT2D eigenvalue weighted by atomic mass is 16.5. The topological polar surface area (TPSA) is 15.7 Å². The summed E-state index contributed by atoms with van der Waals surface area (Å²) in [6, 6.07) is 10.7. The molecule has 1 heterocycles. The van der Waals surface area contributed by atoms with Crippen LogP contribution in [-0.4, -0.2) is 55.2 Å². The summed E-state index contributed by atoms with van der Waals surface area (Å²) in [5.41, 5.74) is 0. The van der Waals surface area contributed by atoms with Crippen molar-refractivity contribution in [3.05, 3.63) is 30.3 Å². The predicted octanol–water partition coefficient (Wildman–Crippen LogP) is 2.09. The second-order valence-electron chi connectivity index (χ2n) is 5.13. The molecule has 0 spiro atoms. The average Bonchev–Trinajstić information content (AvgIpc) is 2.40. The van der Waals surface area contributed by atoms with E-state index in [1.165, 1.54) is 13.1 Å². The first-order valence-electron chi connectivity index (χ1n) is 6.90. The predicted molar refractivity (Wildman–Crippen MR) is 75.1 cm³/mol. The maximum Gasteiger partial charge on any atom is 0.119 e. The highest BCUT2D eigenvalue weighted by Gasteiger charge is 2.18. The van der Waals surface area contributed by atoms with Crippen LogP contribution >= 0.6 is 0 Å². The van der Waals surface area contributed by atoms with Gasteiger partial charge in [-0.1, -0.05) is 18.2 Å². The van der Waals surface area contributed by atoms with Crippen LogP contribution in [0.3, 0.4) is 0 Å². The number of rotatable bonds is 5. The number of para-hydroxylation sites is 1. The highest BCUT2D eigenvalue weighted by molar-refractivity contribution is 5.20. The van der Waals surface area contributed by atoms with Crippen LogP contribution < -0.4 is 4.74 Å². The van der Waals surface area contributed by atoms with Gasteiger partial charge in [-0.3, -0.25) is 9.80 Å². The van der Waals surface area contributed by atoms with Gasteiger partial charge in [0.25, 0.3) is 0 Å². The molecule has 1 aromatic carbocycles. The number of hydrogen-bond donors (Lipinski definition) is 0. The number of hydrogen-bond acceptors (Lipinski definition) is 3. The molecular formula is C15H24N2O. The lowest BCUT2D eigenvalue weighted by Gasteiger charge is -2.36. The monoisotopic (exact) mass is 248 g/mol. The van der Waals surface area contributed by atoms with E-state index in [-0.39, 0.29) is 0 Å². The van der Waals surface area contributed by atoms with Gasteiger partial charge in [0, 0.05) is 38.8 Å². The van der Waals surface area contributed by atoms with E-state index in [1.54, 1.807) is 0 Å². The molecule has 3 nitrogen and oxygen atoms in total. The van der Waals surface area contributed by atoms with Gasteiger partial charge >= 0.3 is 0 Å². The lowest BCUT2D eigenvalue weighted by atomic mass is 10.2. The van der Waals surface area contributed by atoms with E-state index in [0.717, 1.165) is 32.0 Å². The van der Waals surface area contributed by atoms with Crippen molar-refractivity contribution in [1.82, 2.24) is 9.80 Å². The summed E-state index contributed by atoms with van der Waals surface area (Å²) < 4.78 is 5.73. The largest absolute Gasteiger partial charge is 0.492 e. The van der Waals surface area contributed by atoms with E-state index in [4.69, 9.17) is 4.74 Å². The van der Waals surface area contributed by atoms with Crippen molar-refractivity contribution in [2.45, 2.75) is 19.9 Å². The summed E-state index contributed by atoms with van der Waals surface area (Å²) in [7, 11) is 0. The van der Waals surface area contributed by atoms with Crippen LogP contribution in [0.5, 0.6) is 5.75 Å². The van der Waals surface area contributed by atoms with E-state index in [1.807, 2.05) is 30.3 Å². The lowest BCUT2D eigenvalue weighted by molar-refractivity contribution is 0.0971. The summed E-state index contributed by atoms with van der Waals surface area (Å²) in [5.74, 6) is 0.971. The quantitative estimate of drug-likeness (QED) is 0.793. The van der Waals surface area contributed by atoms with Crippen LogP contribution in [-0.2, 0) is 0 Å². The van der Waals surface area contributed by atoms with E-state index in [0.29, 0.717) is 6.04 Å². The summed E-state index contributed by atoms with van der Waals surface area (Å²) in [6.07, 6.45) is 0. The molecule has 0 amide bonds. The molecule has 1 saturated heterocycles. The summed E-state index contributed by atoms with van der Waals surface area (Å²) in [4.78, 5) is 5.02. The summed E-state index contributed by atoms with van der Waals surface area (Å²) in [6.45, 7) is 11.0. The van der Waals surface area contributed by atoms with Crippen molar-refractivity contribution in [1.29, 1.82) is 0 Å². The van der Waals surface area contributed by atoms with Crippen LogP contribution in [0.1, 0.15) is 13.8 Å². The molecule has 0 radical (unpaired) electrons. The zero-order valence-corrected chi connectivity index (χ0v) is 11.5. The van der Waals surface area contributed by atoms with Crippen molar-refractivity contribution < 1.29 is 4.74 Å². The summed E-state index contributed by atoms with van der Waals surface area (Å²) >= 11 is 0. The Balaban J connectivity index is 1.64. The molecule has 0 saturated carbocycles. The molecule has 0 N–H and O–H groups in total. The van der Waals surface area contributed by atoms with Gasteiger partial charge < -0.3 is 4.74 Å². The van der Waals surface area contributed by atoms with Gasteiger partial charge in [0.05, 0.1) is 0 Å². The van der Waals surface area contributed by atoms with Gasteiger partial charge in [-0.05, 0) is 26.0 Å². The number of piperazine rings is 1. The molecule has 0 aliphatic carbocycles. The van der Waals surface area contributed by atoms with Crippen LogP contribution in [0.25, 0.3) is 0 Å². The van der Waals surface area contributed by atoms with Gasteiger partial charge in [0.1, 0.15) is 12.4 Å². The molecule has 0 atom stereocenters. The molecule has 18 heavy (non-hydrogen) atoms. The maximum atomic E-state index is 5.73. The fourth-order valence-corrected chi connectivity index (χ4v) is 2.31. The van der Waals surface area contributed by atoms with Crippen molar-refractivity contribution in [2.75, 3.05) is 39.3 Å². The number of benzene rings is 1. The Morgan fingerprint density at radius 3 is 2.33 bits per heavy atom. The Kier molecular flexibility index (Phi) is 5.02. The fraction of sp³-hybridized carbons (Fsp3) is 0.600. The first-order chi connectivity index (χ1) is 8.75. The zero-order chi connectivity index (χ0) is 12.8. The van der Waals surface area contributed by atoms with Gasteiger partial charge in [-0.15, -0.1) is 0 Å². The minimum Gasteiger partial charge on any atom is -0.492 e. The standard InChI is InChI=1S/C15H24N2O/c1-14(2)17-10-8-16(9-11-17)12-13-18-15-6-4-3-5-7-15/h3-7,14H,8-13H2,1-2H3. The Bertz CT molecular complexity index is 332. The Morgan fingerprint density at radius 1 is 1.06 bits per heavy atom. The zero-order valence-electron chi connectivity index (χ0n) is 11.5. The van der Waals surface area contributed by atoms with Gasteiger partial charge in [0.2, 0.25) is 0 Å². The molecule has 1 aliphatic rings. The van der Waals surface area contributed by atoms with E-state index >= 15 is 0 Å². The molecule has 3 heteroatoms. The SMILES string of the molecule is CC(C)N1CCN(CCOc2ccccc2)CC1. The summed E-state index contributed by atoms with van der Waals surface area (Å²) in [5, 5.41) is 0. The maximum absolute atomic E-state index is 5.73. The normalized spacial score (nSPS) is 18.2. The third kappa shape index (κ3) is 4.00. The van der Waals surface area contributed by atoms with Crippen LogP contribution in [0.4, 0.5) is 0 Å². The van der Waals surface area contributed by atoms with Gasteiger partial charge in [-0.25, -0.2) is 0 Å². The van der Waals surface area contributed by atoms with Crippen molar-refractivity contribution in [3.8, 4) is 5.75 Å². The first-order valence-corrected chi connectivity index (χ1v) is 6.90. The second-order valence-corrected chi connectivity index (χ2v) is 5.13. The molecular weight excluding hydrogens is 224 g/mol. The minimum atomic E-state index is 0.674. The van der Waals surface area contributed by atoms with E-state index < -0.39 is 0 Å². The molecule has 0 unspecified atom stereocenters. The third-order valence-electron chi connectivity index (χ3n) is 3.56. The number of ether oxygens (including phenoxy) is 1. The van der Waals surface area contributed by atoms with Gasteiger partial charge in [0.15, 0.2) is 0 Å².